The van der Waals surface area contributed by atoms with E-state index in [9.17, 15) is 5.11 Å². The van der Waals surface area contributed by atoms with Crippen LogP contribution in [0.5, 0.6) is 0 Å². The van der Waals surface area contributed by atoms with Crippen LogP contribution in [0, 0.1) is 0 Å². The Morgan fingerprint density at radius 2 is 2.15 bits per heavy atom. The van der Waals surface area contributed by atoms with E-state index in [2.05, 4.69) is 12.2 Å². The Labute approximate surface area is 136 Å². The van der Waals surface area contributed by atoms with E-state index in [0.717, 1.165) is 30.5 Å². The van der Waals surface area contributed by atoms with Crippen LogP contribution < -0.4 is 26.5 Å². The molecular weight excluding hydrogens is 385 g/mol. The molecule has 1 aliphatic rings. The molecule has 1 aromatic rings. The monoisotopic (exact) mass is 406 g/mol. The van der Waals surface area contributed by atoms with Crippen LogP contribution in [0.2, 0.25) is 0 Å². The summed E-state index contributed by atoms with van der Waals surface area (Å²) in [5.74, 6) is 0. The molecule has 0 saturated heterocycles. The van der Waals surface area contributed by atoms with Crippen LogP contribution in [-0.4, -0.2) is 25.6 Å². The van der Waals surface area contributed by atoms with Gasteiger partial charge in [-0.3, -0.25) is 0 Å². The quantitative estimate of drug-likeness (QED) is 0.314. The van der Waals surface area contributed by atoms with E-state index in [0.29, 0.717) is 0 Å². The number of halogens is 2. The van der Waals surface area contributed by atoms with E-state index in [1.807, 2.05) is 30.3 Å². The van der Waals surface area contributed by atoms with E-state index in [4.69, 9.17) is 11.6 Å². The number of rotatable bonds is 6. The molecule has 1 aliphatic carbocycles. The number of aliphatic hydroxyl groups is 1. The Hall–Kier alpha value is -0.260. The van der Waals surface area contributed by atoms with Gasteiger partial charge in [0, 0.05) is 0 Å². The van der Waals surface area contributed by atoms with E-state index in [1.165, 1.54) is 14.4 Å². The van der Waals surface area contributed by atoms with Crippen molar-refractivity contribution in [1.82, 2.24) is 0 Å². The van der Waals surface area contributed by atoms with Crippen LogP contribution in [0.15, 0.2) is 41.5 Å². The molecule has 2 N–H and O–H groups in total. The van der Waals surface area contributed by atoms with Gasteiger partial charge in [-0.05, 0) is 0 Å². The fourth-order valence-corrected chi connectivity index (χ4v) is 4.94. The first-order chi connectivity index (χ1) is 9.72. The zero-order chi connectivity index (χ0) is 14.4. The molecule has 0 aromatic heterocycles. The summed E-state index contributed by atoms with van der Waals surface area (Å²) >= 11 is 6.69. The summed E-state index contributed by atoms with van der Waals surface area (Å²) in [6.07, 6.45) is 2.57. The Bertz CT molecular complexity index is 449. The number of allylic oxidation sites excluding steroid dienone is 1. The standard InChI is InChI=1S/C16H22ClINO/c1-2-18-11-12-7-6-10-14(17)15(12)16(20)19-13-8-4-3-5-9-13/h3-5,8-9,14,16,19-20H,2,6-7,10-11H2,1H3/q-1. The number of anilines is 1. The molecule has 2 rings (SSSR count). The van der Waals surface area contributed by atoms with Crippen molar-refractivity contribution in [3.63, 3.8) is 0 Å². The van der Waals surface area contributed by atoms with E-state index >= 15 is 0 Å². The van der Waals surface area contributed by atoms with Gasteiger partial charge in [-0.15, -0.1) is 0 Å². The summed E-state index contributed by atoms with van der Waals surface area (Å²) in [6, 6.07) is 9.83. The van der Waals surface area contributed by atoms with Crippen LogP contribution in [-0.2, 0) is 0 Å². The van der Waals surface area contributed by atoms with E-state index in [-0.39, 0.29) is 26.6 Å². The van der Waals surface area contributed by atoms with Gasteiger partial charge in [0.15, 0.2) is 0 Å². The maximum atomic E-state index is 10.5. The fraction of sp³-hybridized carbons (Fsp3) is 0.500. The topological polar surface area (TPSA) is 32.3 Å². The van der Waals surface area contributed by atoms with Crippen molar-refractivity contribution in [1.29, 1.82) is 0 Å². The molecular formula is C16H22ClINO-. The SMILES string of the molecule is CC[I-]CC1=C(C(O)Nc2ccccc2)C(Cl)CCC1. The molecule has 0 amide bonds. The van der Waals surface area contributed by atoms with Crippen molar-refractivity contribution < 1.29 is 26.3 Å². The van der Waals surface area contributed by atoms with Gasteiger partial charge in [-0.25, -0.2) is 0 Å². The number of nitrogens with one attached hydrogen (secondary N) is 1. The molecule has 0 saturated carbocycles. The van der Waals surface area contributed by atoms with Gasteiger partial charge in [0.1, 0.15) is 0 Å². The van der Waals surface area contributed by atoms with Crippen molar-refractivity contribution >= 4 is 17.3 Å². The van der Waals surface area contributed by atoms with E-state index in [1.54, 1.807) is 0 Å². The molecule has 2 atom stereocenters. The van der Waals surface area contributed by atoms with Crippen molar-refractivity contribution in [3.05, 3.63) is 41.5 Å². The van der Waals surface area contributed by atoms with Crippen LogP contribution in [0.1, 0.15) is 26.2 Å². The molecule has 20 heavy (non-hydrogen) atoms. The second kappa shape index (κ2) is 8.25. The van der Waals surface area contributed by atoms with Crippen molar-refractivity contribution in [2.75, 3.05) is 14.2 Å². The molecule has 2 nitrogen and oxygen atoms in total. The normalized spacial score (nSPS) is 21.1. The Balaban J connectivity index is 2.14. The van der Waals surface area contributed by atoms with Gasteiger partial charge in [0.05, 0.1) is 0 Å². The minimum atomic E-state index is -0.656. The summed E-state index contributed by atoms with van der Waals surface area (Å²) in [5.41, 5.74) is 3.38. The second-order valence-corrected chi connectivity index (χ2v) is 8.82. The minimum absolute atomic E-state index is 0.0224. The first-order valence-corrected chi connectivity index (χ1v) is 10.6. The van der Waals surface area contributed by atoms with Crippen LogP contribution in [0.4, 0.5) is 5.69 Å². The summed E-state index contributed by atoms with van der Waals surface area (Å²) < 4.78 is 2.45. The third-order valence-electron chi connectivity index (χ3n) is 3.50. The van der Waals surface area contributed by atoms with Crippen LogP contribution >= 0.6 is 11.6 Å². The average molecular weight is 407 g/mol. The van der Waals surface area contributed by atoms with Gasteiger partial charge < -0.3 is 0 Å². The third-order valence-corrected chi connectivity index (χ3v) is 6.49. The van der Waals surface area contributed by atoms with Gasteiger partial charge in [0.25, 0.3) is 0 Å². The van der Waals surface area contributed by atoms with Gasteiger partial charge >= 0.3 is 137 Å². The predicted molar refractivity (Wildman–Crippen MR) is 82.0 cm³/mol. The first-order valence-electron chi connectivity index (χ1n) is 7.11. The molecule has 112 valence electrons. The molecule has 0 aliphatic heterocycles. The summed E-state index contributed by atoms with van der Waals surface area (Å²) in [5, 5.41) is 13.7. The summed E-state index contributed by atoms with van der Waals surface area (Å²) in [4.78, 5) is 0. The molecule has 0 spiro atoms. The third kappa shape index (κ3) is 4.37. The summed E-state index contributed by atoms with van der Waals surface area (Å²) in [7, 11) is 0. The number of para-hydroxylation sites is 1. The second-order valence-electron chi connectivity index (χ2n) is 4.92. The van der Waals surface area contributed by atoms with Crippen molar-refractivity contribution in [2.45, 2.75) is 37.8 Å². The Kier molecular flexibility index (Phi) is 6.65. The number of alkyl halides is 3. The average Bonchev–Trinajstić information content (AvgIpc) is 2.46. The number of aliphatic hydroxyl groups excluding tert-OH is 1. The van der Waals surface area contributed by atoms with Gasteiger partial charge in [-0.2, -0.15) is 0 Å². The molecule has 1 aromatic carbocycles. The van der Waals surface area contributed by atoms with Crippen molar-refractivity contribution in [3.8, 4) is 0 Å². The maximum absolute atomic E-state index is 10.5. The molecule has 0 radical (unpaired) electrons. The zero-order valence-corrected chi connectivity index (χ0v) is 14.7. The Morgan fingerprint density at radius 1 is 1.40 bits per heavy atom. The number of benzene rings is 1. The van der Waals surface area contributed by atoms with Crippen LogP contribution in [0.25, 0.3) is 0 Å². The van der Waals surface area contributed by atoms with Gasteiger partial charge in [-0.1, -0.05) is 0 Å². The number of hydrogen-bond acceptors (Lipinski definition) is 2. The molecule has 4 heteroatoms. The van der Waals surface area contributed by atoms with Gasteiger partial charge in [0.2, 0.25) is 0 Å². The summed E-state index contributed by atoms with van der Waals surface area (Å²) in [6.45, 7) is 2.24. The molecule has 2 unspecified atom stereocenters. The molecule has 0 heterocycles. The predicted octanol–water partition coefficient (Wildman–Crippen LogP) is 0.614. The zero-order valence-electron chi connectivity index (χ0n) is 11.8. The van der Waals surface area contributed by atoms with Crippen LogP contribution in [0.3, 0.4) is 0 Å². The Morgan fingerprint density at radius 3 is 2.85 bits per heavy atom. The van der Waals surface area contributed by atoms with Crippen molar-refractivity contribution in [2.24, 2.45) is 0 Å². The fourth-order valence-electron chi connectivity index (χ4n) is 2.50. The van der Waals surface area contributed by atoms with E-state index < -0.39 is 6.23 Å². The molecule has 0 bridgehead atoms. The molecule has 0 fully saturated rings. The number of hydrogen-bond donors (Lipinski definition) is 2. The first kappa shape index (κ1) is 16.1.